The van der Waals surface area contributed by atoms with Crippen LogP contribution in [0.1, 0.15) is 71.6 Å². The standard InChI is InChI=1S/C25H35N3O3/c1-3-5-7-8-9-10-11-17-31-21-13-15-24(25(29)19-21)28-26-22-14-12-20(18-23(22)27-28)30-16-6-4-2/h12-15,18-19,29H,3-11,16-17H2,1-2H3. The lowest BCUT2D eigenvalue weighted by Crippen LogP contribution is -2.01. The summed E-state index contributed by atoms with van der Waals surface area (Å²) in [5.41, 5.74) is 2.00. The second kappa shape index (κ2) is 12.2. The molecule has 0 aliphatic rings. The lowest BCUT2D eigenvalue weighted by Gasteiger charge is -2.09. The smallest absolute Gasteiger partial charge is 0.146 e. The van der Waals surface area contributed by atoms with Crippen LogP contribution in [0.4, 0.5) is 0 Å². The van der Waals surface area contributed by atoms with Gasteiger partial charge >= 0.3 is 0 Å². The van der Waals surface area contributed by atoms with Crippen molar-refractivity contribution in [1.29, 1.82) is 0 Å². The van der Waals surface area contributed by atoms with E-state index < -0.39 is 0 Å². The Morgan fingerprint density at radius 3 is 2.06 bits per heavy atom. The van der Waals surface area contributed by atoms with E-state index in [2.05, 4.69) is 24.0 Å². The summed E-state index contributed by atoms with van der Waals surface area (Å²) in [4.78, 5) is 1.45. The highest BCUT2D eigenvalue weighted by molar-refractivity contribution is 5.75. The third-order valence-corrected chi connectivity index (χ3v) is 5.30. The Balaban J connectivity index is 1.55. The minimum atomic E-state index is 0.0943. The highest BCUT2D eigenvalue weighted by Crippen LogP contribution is 2.27. The number of phenols is 1. The van der Waals surface area contributed by atoms with Gasteiger partial charge in [0.2, 0.25) is 0 Å². The molecule has 1 N–H and O–H groups in total. The Morgan fingerprint density at radius 2 is 1.32 bits per heavy atom. The largest absolute Gasteiger partial charge is 0.505 e. The number of unbranched alkanes of at least 4 members (excludes halogenated alkanes) is 7. The maximum Gasteiger partial charge on any atom is 0.146 e. The van der Waals surface area contributed by atoms with Crippen LogP contribution in [-0.2, 0) is 0 Å². The van der Waals surface area contributed by atoms with E-state index in [0.29, 0.717) is 24.7 Å². The molecule has 0 saturated heterocycles. The Morgan fingerprint density at radius 1 is 0.710 bits per heavy atom. The Labute approximate surface area is 185 Å². The van der Waals surface area contributed by atoms with Crippen molar-refractivity contribution in [3.8, 4) is 22.9 Å². The summed E-state index contributed by atoms with van der Waals surface area (Å²) in [6, 6.07) is 10.9. The van der Waals surface area contributed by atoms with Crippen molar-refractivity contribution in [3.63, 3.8) is 0 Å². The summed E-state index contributed by atoms with van der Waals surface area (Å²) < 4.78 is 11.5. The van der Waals surface area contributed by atoms with Crippen molar-refractivity contribution in [3.05, 3.63) is 36.4 Å². The van der Waals surface area contributed by atoms with Crippen molar-refractivity contribution in [1.82, 2.24) is 15.0 Å². The van der Waals surface area contributed by atoms with E-state index in [4.69, 9.17) is 9.47 Å². The van der Waals surface area contributed by atoms with Crippen LogP contribution in [0.25, 0.3) is 16.7 Å². The van der Waals surface area contributed by atoms with Gasteiger partial charge in [-0.1, -0.05) is 58.8 Å². The summed E-state index contributed by atoms with van der Waals surface area (Å²) in [6.45, 7) is 5.73. The second-order valence-electron chi connectivity index (χ2n) is 7.96. The van der Waals surface area contributed by atoms with Crippen molar-refractivity contribution >= 4 is 11.0 Å². The number of fused-ring (bicyclic) bond motifs is 1. The quantitative estimate of drug-likeness (QED) is 0.301. The normalized spacial score (nSPS) is 11.2. The summed E-state index contributed by atoms with van der Waals surface area (Å²) in [7, 11) is 0. The molecule has 2 aromatic carbocycles. The number of ether oxygens (including phenoxy) is 2. The van der Waals surface area contributed by atoms with Crippen LogP contribution in [0, 0.1) is 0 Å². The number of hydrogen-bond acceptors (Lipinski definition) is 5. The lowest BCUT2D eigenvalue weighted by molar-refractivity contribution is 0.302. The molecular formula is C25H35N3O3. The number of aromatic nitrogens is 3. The molecule has 168 valence electrons. The average molecular weight is 426 g/mol. The van der Waals surface area contributed by atoms with Crippen LogP contribution in [0.2, 0.25) is 0 Å². The van der Waals surface area contributed by atoms with Gasteiger partial charge in [-0.2, -0.15) is 0 Å². The fourth-order valence-corrected chi connectivity index (χ4v) is 3.44. The molecule has 6 nitrogen and oxygen atoms in total. The fraction of sp³-hybridized carbons (Fsp3) is 0.520. The molecule has 3 aromatic rings. The molecule has 0 atom stereocenters. The molecule has 0 aliphatic heterocycles. The summed E-state index contributed by atoms with van der Waals surface area (Å²) in [5, 5.41) is 19.5. The SMILES string of the molecule is CCCCCCCCCOc1ccc(-n2nc3ccc(OCCCC)cc3n2)c(O)c1. The van der Waals surface area contributed by atoms with Crippen LogP contribution in [0.15, 0.2) is 36.4 Å². The van der Waals surface area contributed by atoms with E-state index in [1.54, 1.807) is 12.1 Å². The van der Waals surface area contributed by atoms with Gasteiger partial charge in [-0.25, -0.2) is 0 Å². The number of hydrogen-bond donors (Lipinski definition) is 1. The summed E-state index contributed by atoms with van der Waals surface area (Å²) in [5.74, 6) is 1.54. The van der Waals surface area contributed by atoms with Crippen LogP contribution in [0.3, 0.4) is 0 Å². The topological polar surface area (TPSA) is 69.4 Å². The van der Waals surface area contributed by atoms with Crippen LogP contribution < -0.4 is 9.47 Å². The molecule has 3 rings (SSSR count). The molecule has 0 aliphatic carbocycles. The van der Waals surface area contributed by atoms with Gasteiger partial charge in [0.05, 0.1) is 13.2 Å². The zero-order valence-electron chi connectivity index (χ0n) is 18.8. The van der Waals surface area contributed by atoms with E-state index in [9.17, 15) is 5.11 Å². The van der Waals surface area contributed by atoms with E-state index in [1.165, 1.54) is 43.3 Å². The number of aromatic hydroxyl groups is 1. The molecule has 0 spiro atoms. The maximum atomic E-state index is 10.5. The Bertz CT molecular complexity index is 939. The maximum absolute atomic E-state index is 10.5. The number of benzene rings is 2. The zero-order chi connectivity index (χ0) is 21.9. The number of rotatable bonds is 14. The fourth-order valence-electron chi connectivity index (χ4n) is 3.44. The third kappa shape index (κ3) is 6.88. The van der Waals surface area contributed by atoms with Gasteiger partial charge in [-0.05, 0) is 37.1 Å². The van der Waals surface area contributed by atoms with E-state index in [-0.39, 0.29) is 5.75 Å². The molecule has 31 heavy (non-hydrogen) atoms. The van der Waals surface area contributed by atoms with Crippen molar-refractivity contribution < 1.29 is 14.6 Å². The van der Waals surface area contributed by atoms with Crippen molar-refractivity contribution in [2.45, 2.75) is 71.6 Å². The molecule has 1 aromatic heterocycles. The first-order chi connectivity index (χ1) is 15.2. The molecule has 1 heterocycles. The summed E-state index contributed by atoms with van der Waals surface area (Å²) >= 11 is 0. The first-order valence-corrected chi connectivity index (χ1v) is 11.7. The average Bonchev–Trinajstić information content (AvgIpc) is 3.19. The van der Waals surface area contributed by atoms with Gasteiger partial charge in [0.25, 0.3) is 0 Å². The van der Waals surface area contributed by atoms with E-state index in [1.807, 2.05) is 24.3 Å². The Hall–Kier alpha value is -2.76. The molecule has 0 unspecified atom stereocenters. The monoisotopic (exact) mass is 425 g/mol. The molecule has 6 heteroatoms. The van der Waals surface area contributed by atoms with Gasteiger partial charge in [-0.3, -0.25) is 0 Å². The minimum absolute atomic E-state index is 0.0943. The zero-order valence-corrected chi connectivity index (χ0v) is 18.8. The van der Waals surface area contributed by atoms with Gasteiger partial charge in [0, 0.05) is 12.1 Å². The molecule has 0 bridgehead atoms. The highest BCUT2D eigenvalue weighted by Gasteiger charge is 2.11. The predicted octanol–water partition coefficient (Wildman–Crippen LogP) is 6.43. The van der Waals surface area contributed by atoms with Gasteiger partial charge in [-0.15, -0.1) is 15.0 Å². The van der Waals surface area contributed by atoms with E-state index >= 15 is 0 Å². The van der Waals surface area contributed by atoms with Crippen molar-refractivity contribution in [2.24, 2.45) is 0 Å². The van der Waals surface area contributed by atoms with Gasteiger partial charge in [0.15, 0.2) is 0 Å². The minimum Gasteiger partial charge on any atom is -0.505 e. The van der Waals surface area contributed by atoms with Crippen molar-refractivity contribution in [2.75, 3.05) is 13.2 Å². The highest BCUT2D eigenvalue weighted by atomic mass is 16.5. The van der Waals surface area contributed by atoms with Gasteiger partial charge in [0.1, 0.15) is 34.0 Å². The molecule has 0 amide bonds. The van der Waals surface area contributed by atoms with E-state index in [0.717, 1.165) is 36.0 Å². The molecule has 0 saturated carbocycles. The van der Waals surface area contributed by atoms with Crippen LogP contribution in [-0.4, -0.2) is 33.3 Å². The second-order valence-corrected chi connectivity index (χ2v) is 7.96. The predicted molar refractivity (Wildman–Crippen MR) is 124 cm³/mol. The van der Waals surface area contributed by atoms with Crippen LogP contribution >= 0.6 is 0 Å². The first-order valence-electron chi connectivity index (χ1n) is 11.7. The van der Waals surface area contributed by atoms with Gasteiger partial charge < -0.3 is 14.6 Å². The lowest BCUT2D eigenvalue weighted by atomic mass is 10.1. The molecule has 0 radical (unpaired) electrons. The first kappa shape index (κ1) is 22.9. The third-order valence-electron chi connectivity index (χ3n) is 5.30. The number of nitrogens with zero attached hydrogens (tertiary/aromatic N) is 3. The Kier molecular flexibility index (Phi) is 9.00. The van der Waals surface area contributed by atoms with Crippen LogP contribution in [0.5, 0.6) is 17.2 Å². The molecular weight excluding hydrogens is 390 g/mol. The summed E-state index contributed by atoms with van der Waals surface area (Å²) in [6.07, 6.45) is 10.8. The molecule has 0 fully saturated rings. The number of phenolic OH excluding ortho intramolecular Hbond substituents is 1.